The van der Waals surface area contributed by atoms with Gasteiger partial charge in [0.2, 0.25) is 0 Å². The Labute approximate surface area is 107 Å². The van der Waals surface area contributed by atoms with Gasteiger partial charge in [-0.1, -0.05) is 0 Å². The number of aromatic nitrogens is 1. The molecule has 98 valence electrons. The van der Waals surface area contributed by atoms with Crippen molar-refractivity contribution in [3.63, 3.8) is 0 Å². The minimum Gasteiger partial charge on any atom is -0.491 e. The van der Waals surface area contributed by atoms with Crippen LogP contribution in [0.4, 0.5) is 0 Å². The van der Waals surface area contributed by atoms with Gasteiger partial charge >= 0.3 is 0 Å². The predicted octanol–water partition coefficient (Wildman–Crippen LogP) is 0.914. The number of likely N-dealkylation sites (N-methyl/N-ethyl adjacent to an activating group) is 1. The molecule has 1 N–H and O–H groups in total. The molecule has 0 unspecified atom stereocenters. The summed E-state index contributed by atoms with van der Waals surface area (Å²) < 4.78 is 5.45. The monoisotopic (exact) mass is 249 g/mol. The van der Waals surface area contributed by atoms with E-state index >= 15 is 0 Å². The van der Waals surface area contributed by atoms with Crippen molar-refractivity contribution in [3.8, 4) is 5.75 Å². The highest BCUT2D eigenvalue weighted by molar-refractivity contribution is 5.95. The van der Waals surface area contributed by atoms with E-state index in [4.69, 9.17) is 4.74 Å². The zero-order chi connectivity index (χ0) is 13.0. The summed E-state index contributed by atoms with van der Waals surface area (Å²) in [6, 6.07) is 3.80. The van der Waals surface area contributed by atoms with E-state index in [9.17, 15) is 4.79 Å². The lowest BCUT2D eigenvalue weighted by molar-refractivity contribution is 0.0733. The van der Waals surface area contributed by atoms with Crippen LogP contribution in [0, 0.1) is 0 Å². The zero-order valence-electron chi connectivity index (χ0n) is 10.8. The summed E-state index contributed by atoms with van der Waals surface area (Å²) in [5.74, 6) is 0.482. The first-order valence-electron chi connectivity index (χ1n) is 6.29. The summed E-state index contributed by atoms with van der Waals surface area (Å²) in [6.07, 6.45) is 2.61. The molecule has 0 spiro atoms. The van der Waals surface area contributed by atoms with E-state index in [1.165, 1.54) is 0 Å². The van der Waals surface area contributed by atoms with Crippen molar-refractivity contribution >= 4 is 5.91 Å². The molecule has 5 nitrogen and oxygen atoms in total. The Morgan fingerprint density at radius 1 is 1.67 bits per heavy atom. The number of rotatable bonds is 4. The molecule has 0 radical (unpaired) electrons. The summed E-state index contributed by atoms with van der Waals surface area (Å²) in [5, 5.41) is 3.25. The number of amides is 1. The molecule has 1 atom stereocenters. The third-order valence-corrected chi connectivity index (χ3v) is 3.18. The average molecular weight is 249 g/mol. The lowest BCUT2D eigenvalue weighted by atomic mass is 10.2. The van der Waals surface area contributed by atoms with Crippen LogP contribution in [-0.4, -0.2) is 48.6 Å². The molecular formula is C13H19N3O2. The van der Waals surface area contributed by atoms with Gasteiger partial charge in [-0.25, -0.2) is 4.98 Å². The number of carbonyl (C=O) groups excluding carboxylic acids is 1. The van der Waals surface area contributed by atoms with Crippen LogP contribution in [0.1, 0.15) is 23.8 Å². The van der Waals surface area contributed by atoms with Crippen LogP contribution in [0.2, 0.25) is 0 Å². The lowest BCUT2D eigenvalue weighted by Crippen LogP contribution is -2.38. The van der Waals surface area contributed by atoms with Crippen LogP contribution < -0.4 is 10.1 Å². The van der Waals surface area contributed by atoms with Crippen LogP contribution in [0.5, 0.6) is 5.75 Å². The van der Waals surface area contributed by atoms with Gasteiger partial charge in [0.15, 0.2) is 11.4 Å². The van der Waals surface area contributed by atoms with Gasteiger partial charge in [0.05, 0.1) is 6.61 Å². The Morgan fingerprint density at radius 2 is 2.50 bits per heavy atom. The van der Waals surface area contributed by atoms with Gasteiger partial charge in [-0.15, -0.1) is 0 Å². The van der Waals surface area contributed by atoms with E-state index in [1.807, 2.05) is 14.0 Å². The van der Waals surface area contributed by atoms with Gasteiger partial charge < -0.3 is 15.0 Å². The van der Waals surface area contributed by atoms with Gasteiger partial charge in [0.25, 0.3) is 5.91 Å². The highest BCUT2D eigenvalue weighted by Gasteiger charge is 2.26. The maximum Gasteiger partial charge on any atom is 0.276 e. The van der Waals surface area contributed by atoms with Crippen molar-refractivity contribution in [2.45, 2.75) is 19.4 Å². The summed E-state index contributed by atoms with van der Waals surface area (Å²) in [6.45, 7) is 4.23. The Kier molecular flexibility index (Phi) is 4.15. The molecule has 2 rings (SSSR count). The largest absolute Gasteiger partial charge is 0.491 e. The summed E-state index contributed by atoms with van der Waals surface area (Å²) in [4.78, 5) is 18.3. The lowest BCUT2D eigenvalue weighted by Gasteiger charge is -2.24. The molecule has 0 bridgehead atoms. The molecular weight excluding hydrogens is 230 g/mol. The minimum absolute atomic E-state index is 0.0762. The van der Waals surface area contributed by atoms with Gasteiger partial charge in [-0.05, 0) is 32.0 Å². The van der Waals surface area contributed by atoms with E-state index in [0.29, 0.717) is 18.1 Å². The first kappa shape index (κ1) is 12.8. The van der Waals surface area contributed by atoms with Crippen LogP contribution in [-0.2, 0) is 0 Å². The highest BCUT2D eigenvalue weighted by Crippen LogP contribution is 2.19. The first-order chi connectivity index (χ1) is 8.74. The molecule has 0 aromatic carbocycles. The van der Waals surface area contributed by atoms with Gasteiger partial charge in [-0.2, -0.15) is 0 Å². The second kappa shape index (κ2) is 5.82. The smallest absolute Gasteiger partial charge is 0.276 e. The number of pyridine rings is 1. The van der Waals surface area contributed by atoms with Gasteiger partial charge in [-0.3, -0.25) is 4.79 Å². The van der Waals surface area contributed by atoms with Crippen LogP contribution in [0.3, 0.4) is 0 Å². The number of hydrogen-bond acceptors (Lipinski definition) is 4. The standard InChI is InChI=1S/C13H19N3O2/c1-3-18-11-5-4-7-15-12(11)13(17)16(2)10-6-8-14-9-10/h4-5,7,10,14H,3,6,8-9H2,1-2H3/t10-/m1/s1. The van der Waals surface area contributed by atoms with Crippen LogP contribution in [0.25, 0.3) is 0 Å². The van der Waals surface area contributed by atoms with Crippen LogP contribution >= 0.6 is 0 Å². The van der Waals surface area contributed by atoms with Crippen molar-refractivity contribution < 1.29 is 9.53 Å². The maximum atomic E-state index is 12.4. The molecule has 1 aromatic rings. The minimum atomic E-state index is -0.0762. The number of hydrogen-bond donors (Lipinski definition) is 1. The average Bonchev–Trinajstić information content (AvgIpc) is 2.92. The molecule has 1 saturated heterocycles. The molecule has 5 heteroatoms. The quantitative estimate of drug-likeness (QED) is 0.862. The molecule has 0 aliphatic carbocycles. The third-order valence-electron chi connectivity index (χ3n) is 3.18. The SMILES string of the molecule is CCOc1cccnc1C(=O)N(C)[C@@H]1CCNC1. The maximum absolute atomic E-state index is 12.4. The van der Waals surface area contributed by atoms with E-state index in [0.717, 1.165) is 19.5 Å². The van der Waals surface area contributed by atoms with E-state index in [2.05, 4.69) is 10.3 Å². The fourth-order valence-electron chi connectivity index (χ4n) is 2.13. The Hall–Kier alpha value is -1.62. The summed E-state index contributed by atoms with van der Waals surface area (Å²) in [7, 11) is 1.82. The fourth-order valence-corrected chi connectivity index (χ4v) is 2.13. The van der Waals surface area contributed by atoms with E-state index in [1.54, 1.807) is 23.2 Å². The van der Waals surface area contributed by atoms with Crippen molar-refractivity contribution in [2.24, 2.45) is 0 Å². The predicted molar refractivity (Wildman–Crippen MR) is 68.8 cm³/mol. The molecule has 18 heavy (non-hydrogen) atoms. The number of ether oxygens (including phenoxy) is 1. The molecule has 1 fully saturated rings. The van der Waals surface area contributed by atoms with Crippen molar-refractivity contribution in [1.82, 2.24) is 15.2 Å². The fraction of sp³-hybridized carbons (Fsp3) is 0.538. The Balaban J connectivity index is 2.16. The van der Waals surface area contributed by atoms with Crippen molar-refractivity contribution in [1.29, 1.82) is 0 Å². The number of nitrogens with zero attached hydrogens (tertiary/aromatic N) is 2. The van der Waals surface area contributed by atoms with Crippen molar-refractivity contribution in [3.05, 3.63) is 24.0 Å². The van der Waals surface area contributed by atoms with Crippen molar-refractivity contribution in [2.75, 3.05) is 26.7 Å². The Bertz CT molecular complexity index is 416. The molecule has 1 aliphatic heterocycles. The van der Waals surface area contributed by atoms with Crippen LogP contribution in [0.15, 0.2) is 18.3 Å². The molecule has 0 saturated carbocycles. The molecule has 1 amide bonds. The Morgan fingerprint density at radius 3 is 3.17 bits per heavy atom. The van der Waals surface area contributed by atoms with E-state index in [-0.39, 0.29) is 11.9 Å². The normalized spacial score (nSPS) is 18.7. The highest BCUT2D eigenvalue weighted by atomic mass is 16.5. The second-order valence-electron chi connectivity index (χ2n) is 4.35. The summed E-state index contributed by atoms with van der Waals surface area (Å²) in [5.41, 5.74) is 0.397. The second-order valence-corrected chi connectivity index (χ2v) is 4.35. The third kappa shape index (κ3) is 2.61. The number of carbonyl (C=O) groups is 1. The summed E-state index contributed by atoms with van der Waals surface area (Å²) >= 11 is 0. The van der Waals surface area contributed by atoms with Gasteiger partial charge in [0.1, 0.15) is 0 Å². The first-order valence-corrected chi connectivity index (χ1v) is 6.29. The van der Waals surface area contributed by atoms with Gasteiger partial charge in [0, 0.05) is 25.8 Å². The molecule has 1 aliphatic rings. The zero-order valence-corrected chi connectivity index (χ0v) is 10.8. The molecule has 1 aromatic heterocycles. The van der Waals surface area contributed by atoms with E-state index < -0.39 is 0 Å². The molecule has 2 heterocycles. The number of nitrogens with one attached hydrogen (secondary N) is 1. The topological polar surface area (TPSA) is 54.5 Å².